The number of rotatable bonds is 2. The van der Waals surface area contributed by atoms with Gasteiger partial charge in [-0.25, -0.2) is 0 Å². The fourth-order valence-corrected chi connectivity index (χ4v) is 2.19. The van der Waals surface area contributed by atoms with Gasteiger partial charge >= 0.3 is 5.97 Å². The summed E-state index contributed by atoms with van der Waals surface area (Å²) in [5.41, 5.74) is 1.87. The molecule has 0 aliphatic carbocycles. The number of hydrogen-bond acceptors (Lipinski definition) is 3. The number of carboxylic acids is 1. The summed E-state index contributed by atoms with van der Waals surface area (Å²) >= 11 is 0. The van der Waals surface area contributed by atoms with E-state index in [2.05, 4.69) is 5.11 Å². The average molecular weight is 279 g/mol. The van der Waals surface area contributed by atoms with Gasteiger partial charge in [-0.1, -0.05) is 53.7 Å². The smallest absolute Gasteiger partial charge is 0.310 e. The molecule has 1 atom stereocenters. The molecule has 1 aromatic rings. The van der Waals surface area contributed by atoms with Crippen LogP contribution in [0.3, 0.4) is 0 Å². The van der Waals surface area contributed by atoms with Crippen molar-refractivity contribution in [3.05, 3.63) is 28.8 Å². The number of carbonyl (C=O) groups is 1. The molecule has 0 spiro atoms. The summed E-state index contributed by atoms with van der Waals surface area (Å²) < 4.78 is 6.78. The van der Waals surface area contributed by atoms with Crippen molar-refractivity contribution in [3.8, 4) is 5.75 Å². The van der Waals surface area contributed by atoms with Crippen molar-refractivity contribution in [2.24, 2.45) is 0 Å². The van der Waals surface area contributed by atoms with Crippen molar-refractivity contribution >= 4 is 5.97 Å². The zero-order valence-electron chi connectivity index (χ0n) is 14.5. The van der Waals surface area contributed by atoms with Crippen LogP contribution in [0.15, 0.2) is 12.1 Å². The number of hydrogen-bond donors (Lipinski definition) is 2. The Morgan fingerprint density at radius 3 is 1.80 bits per heavy atom. The lowest BCUT2D eigenvalue weighted by molar-refractivity contribution is -0.138. The highest BCUT2D eigenvalue weighted by Crippen LogP contribution is 2.41. The van der Waals surface area contributed by atoms with Gasteiger partial charge in [0.2, 0.25) is 0 Å². The normalized spacial score (nSPS) is 14.7. The van der Waals surface area contributed by atoms with Gasteiger partial charge in [-0.2, -0.15) is 0 Å². The number of phenols is 1. The van der Waals surface area contributed by atoms with Crippen LogP contribution in [0.5, 0.6) is 5.75 Å². The quantitative estimate of drug-likeness (QED) is 0.854. The molecule has 0 radical (unpaired) electrons. The van der Waals surface area contributed by atoms with Crippen LogP contribution < -0.4 is 0 Å². The Morgan fingerprint density at radius 1 is 1.10 bits per heavy atom. The number of phenolic OH excluding ortho intramolecular Hbond substituents is 1. The van der Waals surface area contributed by atoms with Gasteiger partial charge in [-0.15, -0.1) is 0 Å². The van der Waals surface area contributed by atoms with Crippen LogP contribution in [0.4, 0.5) is 0 Å². The van der Waals surface area contributed by atoms with Crippen molar-refractivity contribution in [1.29, 1.82) is 1.43 Å². The average Bonchev–Trinajstić information content (AvgIpc) is 2.34. The molecule has 2 N–H and O–H groups in total. The van der Waals surface area contributed by atoms with E-state index in [0.29, 0.717) is 0 Å². The van der Waals surface area contributed by atoms with Gasteiger partial charge in [0.25, 0.3) is 1.43 Å². The maximum absolute atomic E-state index is 11.6. The molecule has 3 heteroatoms. The summed E-state index contributed by atoms with van der Waals surface area (Å²) in [6.07, 6.45) is 0. The lowest BCUT2D eigenvalue weighted by Gasteiger charge is -2.28. The van der Waals surface area contributed by atoms with Crippen LogP contribution >= 0.6 is 0 Å². The van der Waals surface area contributed by atoms with Gasteiger partial charge < -0.3 is 10.2 Å². The first kappa shape index (κ1) is 14.9. The molecular weight excluding hydrogens is 252 g/mol. The first-order chi connectivity index (χ1) is 9.39. The third-order valence-electron chi connectivity index (χ3n) is 3.60. The van der Waals surface area contributed by atoms with E-state index >= 15 is 0 Å². The summed E-state index contributed by atoms with van der Waals surface area (Å²) in [5, 5.41) is 14.7. The second kappa shape index (κ2) is 5.12. The van der Waals surface area contributed by atoms with Crippen molar-refractivity contribution < 1.29 is 15.0 Å². The summed E-state index contributed by atoms with van der Waals surface area (Å²) in [4.78, 5) is 11.6. The van der Waals surface area contributed by atoms with Crippen molar-refractivity contribution in [2.75, 3.05) is 0 Å². The Morgan fingerprint density at radius 2 is 1.50 bits per heavy atom. The van der Waals surface area contributed by atoms with E-state index in [1.54, 1.807) is 6.92 Å². The van der Waals surface area contributed by atoms with Crippen LogP contribution in [0.2, 0.25) is 0 Å². The van der Waals surface area contributed by atoms with E-state index in [1.807, 2.05) is 53.7 Å². The fraction of sp³-hybridized carbons (Fsp3) is 0.588. The number of benzene rings is 1. The van der Waals surface area contributed by atoms with Crippen molar-refractivity contribution in [3.63, 3.8) is 0 Å². The van der Waals surface area contributed by atoms with Crippen LogP contribution in [-0.2, 0) is 15.6 Å². The second-order valence-corrected chi connectivity index (χ2v) is 7.51. The summed E-state index contributed by atoms with van der Waals surface area (Å²) in [5.74, 6) is -0.851. The monoisotopic (exact) mass is 279 g/mol. The van der Waals surface area contributed by atoms with Gasteiger partial charge in [0.15, 0.2) is 0 Å². The van der Waals surface area contributed by atoms with Gasteiger partial charge in [0.05, 0.1) is 5.92 Å². The van der Waals surface area contributed by atoms with Crippen LogP contribution in [0.25, 0.3) is 1.43 Å². The van der Waals surface area contributed by atoms with Gasteiger partial charge in [-0.3, -0.25) is 4.79 Å². The molecule has 0 fully saturated rings. The minimum atomic E-state index is -0.597. The summed E-state index contributed by atoms with van der Waals surface area (Å²) in [6.45, 7) is 13.8. The molecule has 1 rings (SSSR count). The van der Waals surface area contributed by atoms with E-state index in [9.17, 15) is 9.90 Å². The molecule has 0 aliphatic heterocycles. The molecule has 0 saturated carbocycles. The molecule has 1 unspecified atom stereocenters. The molecule has 0 amide bonds. The first-order valence-electron chi connectivity index (χ1n) is 7.35. The minimum absolute atomic E-state index is 0.245. The zero-order chi connectivity index (χ0) is 16.6. The molecule has 3 nitrogen and oxygen atoms in total. The van der Waals surface area contributed by atoms with E-state index in [-0.39, 0.29) is 16.6 Å². The number of carboxylic acid groups (broad SMARTS) is 1. The molecule has 0 saturated heterocycles. The summed E-state index contributed by atoms with van der Waals surface area (Å²) in [7, 11) is 0. The highest BCUT2D eigenvalue weighted by Gasteiger charge is 2.28. The van der Waals surface area contributed by atoms with E-state index in [0.717, 1.165) is 16.7 Å². The van der Waals surface area contributed by atoms with E-state index in [1.165, 1.54) is 0 Å². The van der Waals surface area contributed by atoms with Crippen LogP contribution in [0.1, 0.15) is 71.1 Å². The van der Waals surface area contributed by atoms with E-state index in [4.69, 9.17) is 1.43 Å². The lowest BCUT2D eigenvalue weighted by atomic mass is 9.77. The summed E-state index contributed by atoms with van der Waals surface area (Å²) in [6, 6.07) is 3.68. The Labute approximate surface area is 123 Å². The predicted octanol–water partition coefficient (Wildman–Crippen LogP) is 4.18. The largest absolute Gasteiger partial charge is 0.507 e. The third-order valence-corrected chi connectivity index (χ3v) is 3.60. The third kappa shape index (κ3) is 3.33. The standard InChI is InChI=1S/C17H26O3/c1-10(15(19)20)11-8-12(16(2,3)4)14(18)13(9-11)17(5,6)7/h8-10,18H,1-7H3,(H,19,20)/i/hD. The maximum Gasteiger partial charge on any atom is 0.310 e. The first-order valence-corrected chi connectivity index (χ1v) is 6.94. The molecule has 0 bridgehead atoms. The number of aliphatic carboxylic acids is 1. The molecule has 20 heavy (non-hydrogen) atoms. The Hall–Kier alpha value is -1.51. The van der Waals surface area contributed by atoms with Crippen LogP contribution in [-0.4, -0.2) is 16.2 Å². The second-order valence-electron chi connectivity index (χ2n) is 7.51. The Kier molecular flexibility index (Phi) is 3.81. The highest BCUT2D eigenvalue weighted by atomic mass is 16.4. The predicted molar refractivity (Wildman–Crippen MR) is 81.6 cm³/mol. The topological polar surface area (TPSA) is 57.5 Å². The highest BCUT2D eigenvalue weighted by molar-refractivity contribution is 5.76. The SMILES string of the molecule is [2H]OC(=O)C(C)c1cc(C(C)(C)C)c(O)c(C(C)(C)C)c1. The molecule has 112 valence electrons. The maximum atomic E-state index is 11.6. The zero-order valence-corrected chi connectivity index (χ0v) is 13.5. The molecule has 1 aromatic carbocycles. The molecule has 0 aromatic heterocycles. The molecule has 0 aliphatic rings. The fourth-order valence-electron chi connectivity index (χ4n) is 2.19. The van der Waals surface area contributed by atoms with Crippen molar-refractivity contribution in [2.45, 2.75) is 65.2 Å². The molecular formula is C17H26O3. The minimum Gasteiger partial charge on any atom is -0.507 e. The van der Waals surface area contributed by atoms with Gasteiger partial charge in [-0.05, 0) is 34.4 Å². The van der Waals surface area contributed by atoms with Gasteiger partial charge in [0, 0.05) is 0 Å². The van der Waals surface area contributed by atoms with Crippen LogP contribution in [0, 0.1) is 0 Å². The molecule has 0 heterocycles. The Balaban J connectivity index is 3.59. The Bertz CT molecular complexity index is 501. The van der Waals surface area contributed by atoms with E-state index < -0.39 is 11.9 Å². The van der Waals surface area contributed by atoms with Crippen molar-refractivity contribution in [1.82, 2.24) is 0 Å². The lowest BCUT2D eigenvalue weighted by Crippen LogP contribution is -2.19. The van der Waals surface area contributed by atoms with Gasteiger partial charge in [0.1, 0.15) is 5.75 Å². The number of aromatic hydroxyl groups is 1.